The lowest BCUT2D eigenvalue weighted by molar-refractivity contribution is 0.104. The van der Waals surface area contributed by atoms with Gasteiger partial charge in [-0.05, 0) is 36.4 Å². The molecule has 3 aromatic rings. The molecule has 20 heavy (non-hydrogen) atoms. The smallest absolute Gasteiger partial charge is 0.196 e. The van der Waals surface area contributed by atoms with Crippen LogP contribution >= 0.6 is 39.1 Å². The van der Waals surface area contributed by atoms with Crippen LogP contribution < -0.4 is 0 Å². The van der Waals surface area contributed by atoms with E-state index >= 15 is 0 Å². The predicted octanol–water partition coefficient (Wildman–Crippen LogP) is 5.47. The molecular formula is C15H8BrCl2NO. The van der Waals surface area contributed by atoms with Crippen molar-refractivity contribution in [2.75, 3.05) is 0 Å². The van der Waals surface area contributed by atoms with Crippen LogP contribution in [0, 0.1) is 0 Å². The molecule has 0 saturated carbocycles. The second-order valence-corrected chi connectivity index (χ2v) is 6.10. The van der Waals surface area contributed by atoms with Crippen molar-refractivity contribution in [1.29, 1.82) is 0 Å². The Hall–Kier alpha value is -1.29. The number of aromatic amines is 1. The van der Waals surface area contributed by atoms with Gasteiger partial charge in [0.2, 0.25) is 0 Å². The highest BCUT2D eigenvalue weighted by Gasteiger charge is 2.17. The van der Waals surface area contributed by atoms with Crippen molar-refractivity contribution in [2.45, 2.75) is 0 Å². The van der Waals surface area contributed by atoms with Gasteiger partial charge in [-0.3, -0.25) is 4.79 Å². The van der Waals surface area contributed by atoms with E-state index in [1.807, 2.05) is 6.07 Å². The highest BCUT2D eigenvalue weighted by molar-refractivity contribution is 9.10. The molecule has 100 valence electrons. The lowest BCUT2D eigenvalue weighted by Gasteiger charge is -2.03. The molecule has 3 rings (SSSR count). The summed E-state index contributed by atoms with van der Waals surface area (Å²) < 4.78 is 0.808. The quantitative estimate of drug-likeness (QED) is 0.598. The zero-order chi connectivity index (χ0) is 14.3. The molecule has 0 radical (unpaired) electrons. The van der Waals surface area contributed by atoms with E-state index < -0.39 is 0 Å². The van der Waals surface area contributed by atoms with Crippen LogP contribution in [0.1, 0.15) is 15.9 Å². The number of fused-ring (bicyclic) bond motifs is 1. The van der Waals surface area contributed by atoms with Crippen molar-refractivity contribution in [3.05, 3.63) is 68.2 Å². The third-order valence-corrected chi connectivity index (χ3v) is 4.12. The molecule has 2 nitrogen and oxygen atoms in total. The molecule has 1 heterocycles. The standard InChI is InChI=1S/C15H8BrCl2NO/c16-8-1-3-13(18)11(5-8)15(20)12-7-19-14-4-2-9(17)6-10(12)14/h1-7,19H. The maximum atomic E-state index is 12.6. The maximum Gasteiger partial charge on any atom is 0.196 e. The number of carbonyl (C=O) groups is 1. The van der Waals surface area contributed by atoms with E-state index in [0.717, 1.165) is 15.4 Å². The molecule has 0 spiro atoms. The lowest BCUT2D eigenvalue weighted by atomic mass is 10.0. The van der Waals surface area contributed by atoms with Crippen LogP contribution in [-0.2, 0) is 0 Å². The summed E-state index contributed by atoms with van der Waals surface area (Å²) in [7, 11) is 0. The number of hydrogen-bond acceptors (Lipinski definition) is 1. The first-order valence-electron chi connectivity index (χ1n) is 5.82. The first kappa shape index (κ1) is 13.7. The summed E-state index contributed by atoms with van der Waals surface area (Å²) in [6, 6.07) is 10.6. The fraction of sp³-hybridized carbons (Fsp3) is 0. The van der Waals surface area contributed by atoms with Gasteiger partial charge >= 0.3 is 0 Å². The van der Waals surface area contributed by atoms with E-state index in [1.54, 1.807) is 36.5 Å². The highest BCUT2D eigenvalue weighted by atomic mass is 79.9. The Morgan fingerprint density at radius 3 is 2.65 bits per heavy atom. The molecule has 0 saturated heterocycles. The highest BCUT2D eigenvalue weighted by Crippen LogP contribution is 2.28. The Bertz CT molecular complexity index is 826. The van der Waals surface area contributed by atoms with Crippen LogP contribution in [0.15, 0.2) is 47.1 Å². The molecule has 1 aromatic heterocycles. The van der Waals surface area contributed by atoms with E-state index in [-0.39, 0.29) is 5.78 Å². The zero-order valence-corrected chi connectivity index (χ0v) is 13.2. The van der Waals surface area contributed by atoms with E-state index in [4.69, 9.17) is 23.2 Å². The monoisotopic (exact) mass is 367 g/mol. The maximum absolute atomic E-state index is 12.6. The van der Waals surface area contributed by atoms with Crippen molar-refractivity contribution in [2.24, 2.45) is 0 Å². The predicted molar refractivity (Wildman–Crippen MR) is 85.9 cm³/mol. The number of nitrogens with one attached hydrogen (secondary N) is 1. The first-order chi connectivity index (χ1) is 9.56. The van der Waals surface area contributed by atoms with Gasteiger partial charge in [-0.2, -0.15) is 0 Å². The van der Waals surface area contributed by atoms with Crippen molar-refractivity contribution in [1.82, 2.24) is 4.98 Å². The second kappa shape index (κ2) is 5.24. The Morgan fingerprint density at radius 2 is 1.85 bits per heavy atom. The summed E-state index contributed by atoms with van der Waals surface area (Å²) in [5, 5.41) is 1.81. The van der Waals surface area contributed by atoms with E-state index in [9.17, 15) is 4.79 Å². The van der Waals surface area contributed by atoms with E-state index in [0.29, 0.717) is 21.2 Å². The third kappa shape index (κ3) is 2.37. The van der Waals surface area contributed by atoms with Crippen molar-refractivity contribution >= 4 is 55.8 Å². The average molecular weight is 369 g/mol. The van der Waals surface area contributed by atoms with Gasteiger partial charge in [0.05, 0.1) is 5.02 Å². The summed E-state index contributed by atoms with van der Waals surface area (Å²) in [4.78, 5) is 15.7. The van der Waals surface area contributed by atoms with E-state index in [1.165, 1.54) is 0 Å². The number of carbonyl (C=O) groups excluding carboxylic acids is 1. The van der Waals surface area contributed by atoms with E-state index in [2.05, 4.69) is 20.9 Å². The average Bonchev–Trinajstić information content (AvgIpc) is 2.83. The molecule has 0 amide bonds. The lowest BCUT2D eigenvalue weighted by Crippen LogP contribution is -2.01. The van der Waals surface area contributed by atoms with Gasteiger partial charge in [0.15, 0.2) is 5.78 Å². The molecule has 0 fully saturated rings. The van der Waals surface area contributed by atoms with Crippen LogP contribution in [0.2, 0.25) is 10.0 Å². The van der Waals surface area contributed by atoms with Crippen LogP contribution in [0.25, 0.3) is 10.9 Å². The molecular weight excluding hydrogens is 361 g/mol. The topological polar surface area (TPSA) is 32.9 Å². The first-order valence-corrected chi connectivity index (χ1v) is 7.37. The van der Waals surface area contributed by atoms with Crippen molar-refractivity contribution < 1.29 is 4.79 Å². The molecule has 0 atom stereocenters. The molecule has 2 aromatic carbocycles. The molecule has 0 unspecified atom stereocenters. The van der Waals surface area contributed by atoms with Crippen LogP contribution in [0.3, 0.4) is 0 Å². The fourth-order valence-corrected chi connectivity index (χ4v) is 2.83. The van der Waals surface area contributed by atoms with Gasteiger partial charge < -0.3 is 4.98 Å². The van der Waals surface area contributed by atoms with Gasteiger partial charge in [-0.25, -0.2) is 0 Å². The zero-order valence-electron chi connectivity index (χ0n) is 10.1. The number of halogens is 3. The number of H-pyrrole nitrogens is 1. The SMILES string of the molecule is O=C(c1cc(Br)ccc1Cl)c1c[nH]c2ccc(Cl)cc12. The number of ketones is 1. The minimum absolute atomic E-state index is 0.134. The Morgan fingerprint density at radius 1 is 1.05 bits per heavy atom. The fourth-order valence-electron chi connectivity index (χ4n) is 2.10. The normalized spacial score (nSPS) is 10.9. The number of hydrogen-bond donors (Lipinski definition) is 1. The van der Waals surface area contributed by atoms with Crippen molar-refractivity contribution in [3.8, 4) is 0 Å². The summed E-state index contributed by atoms with van der Waals surface area (Å²) in [5.41, 5.74) is 1.88. The Labute approximate surface area is 133 Å². The number of benzene rings is 2. The van der Waals surface area contributed by atoms with Crippen LogP contribution in [0.5, 0.6) is 0 Å². The summed E-state index contributed by atoms with van der Waals surface area (Å²) in [6.45, 7) is 0. The molecule has 0 aliphatic heterocycles. The third-order valence-electron chi connectivity index (χ3n) is 3.06. The van der Waals surface area contributed by atoms with Crippen LogP contribution in [0.4, 0.5) is 0 Å². The second-order valence-electron chi connectivity index (χ2n) is 4.35. The Kier molecular flexibility index (Phi) is 3.59. The largest absolute Gasteiger partial charge is 0.360 e. The number of aromatic nitrogens is 1. The number of rotatable bonds is 2. The summed E-state index contributed by atoms with van der Waals surface area (Å²) in [5.74, 6) is -0.134. The van der Waals surface area contributed by atoms with Gasteiger partial charge in [0.25, 0.3) is 0 Å². The summed E-state index contributed by atoms with van der Waals surface area (Å²) >= 11 is 15.5. The minimum atomic E-state index is -0.134. The molecule has 5 heteroatoms. The summed E-state index contributed by atoms with van der Waals surface area (Å²) in [6.07, 6.45) is 1.68. The minimum Gasteiger partial charge on any atom is -0.360 e. The van der Waals surface area contributed by atoms with Gasteiger partial charge in [0, 0.05) is 37.7 Å². The van der Waals surface area contributed by atoms with Crippen LogP contribution in [-0.4, -0.2) is 10.8 Å². The van der Waals surface area contributed by atoms with Gasteiger partial charge in [-0.15, -0.1) is 0 Å². The molecule has 0 aliphatic rings. The molecule has 0 aliphatic carbocycles. The van der Waals surface area contributed by atoms with Gasteiger partial charge in [-0.1, -0.05) is 39.1 Å². The van der Waals surface area contributed by atoms with Gasteiger partial charge in [0.1, 0.15) is 0 Å². The molecule has 1 N–H and O–H groups in total. The van der Waals surface area contributed by atoms with Crippen molar-refractivity contribution in [3.63, 3.8) is 0 Å². The Balaban J connectivity index is 2.17. The molecule has 0 bridgehead atoms.